The Balaban J connectivity index is 1.55. The van der Waals surface area contributed by atoms with Crippen LogP contribution >= 0.6 is 0 Å². The second-order valence-corrected chi connectivity index (χ2v) is 5.60. The molecule has 1 aromatic carbocycles. The van der Waals surface area contributed by atoms with Crippen LogP contribution in [0.5, 0.6) is 0 Å². The van der Waals surface area contributed by atoms with E-state index in [0.717, 1.165) is 12.1 Å². The van der Waals surface area contributed by atoms with Crippen molar-refractivity contribution < 1.29 is 22.8 Å². The van der Waals surface area contributed by atoms with Crippen molar-refractivity contribution >= 4 is 11.7 Å². The molecule has 0 unspecified atom stereocenters. The number of halogens is 2. The Morgan fingerprint density at radius 2 is 1.79 bits per heavy atom. The number of carbonyl (C=O) groups is 2. The number of ketones is 1. The number of amides is 1. The minimum Gasteiger partial charge on any atom is -0.461 e. The van der Waals surface area contributed by atoms with Crippen LogP contribution < -0.4 is 0 Å². The lowest BCUT2D eigenvalue weighted by atomic mass is 10.1. The van der Waals surface area contributed by atoms with Crippen molar-refractivity contribution in [3.8, 4) is 0 Å². The number of carbonyl (C=O) groups excluding carboxylic acids is 2. The first-order chi connectivity index (χ1) is 11.5. The summed E-state index contributed by atoms with van der Waals surface area (Å²) in [5.74, 6) is -2.15. The van der Waals surface area contributed by atoms with Crippen LogP contribution in [-0.2, 0) is 0 Å². The van der Waals surface area contributed by atoms with Gasteiger partial charge in [-0.3, -0.25) is 14.5 Å². The molecule has 1 aliphatic heterocycles. The standard InChI is InChI=1S/C17H16F2N2O3/c18-13-4-3-12(10-14(13)19)17(23)21-7-5-20(6-8-21)11-15(22)16-2-1-9-24-16/h1-4,9-10H,5-8,11H2. The van der Waals surface area contributed by atoms with Crippen LogP contribution in [0.4, 0.5) is 8.78 Å². The summed E-state index contributed by atoms with van der Waals surface area (Å²) < 4.78 is 31.3. The number of rotatable bonds is 4. The lowest BCUT2D eigenvalue weighted by Gasteiger charge is -2.34. The molecule has 5 nitrogen and oxygen atoms in total. The van der Waals surface area contributed by atoms with E-state index in [2.05, 4.69) is 0 Å². The Hall–Kier alpha value is -2.54. The summed E-state index contributed by atoms with van der Waals surface area (Å²) in [7, 11) is 0. The smallest absolute Gasteiger partial charge is 0.254 e. The Bertz CT molecular complexity index is 738. The third kappa shape index (κ3) is 3.51. The van der Waals surface area contributed by atoms with Crippen molar-refractivity contribution in [3.05, 3.63) is 59.6 Å². The van der Waals surface area contributed by atoms with Crippen LogP contribution in [0.2, 0.25) is 0 Å². The molecule has 1 saturated heterocycles. The van der Waals surface area contributed by atoms with Gasteiger partial charge in [0.1, 0.15) is 0 Å². The molecule has 0 bridgehead atoms. The maximum absolute atomic E-state index is 13.2. The maximum Gasteiger partial charge on any atom is 0.254 e. The number of benzene rings is 1. The molecule has 1 fully saturated rings. The molecule has 0 radical (unpaired) electrons. The molecule has 0 N–H and O–H groups in total. The molecule has 0 atom stereocenters. The number of piperazine rings is 1. The van der Waals surface area contributed by atoms with Gasteiger partial charge in [0.25, 0.3) is 5.91 Å². The summed E-state index contributed by atoms with van der Waals surface area (Å²) in [6.07, 6.45) is 1.45. The average Bonchev–Trinajstić information content (AvgIpc) is 3.12. The summed E-state index contributed by atoms with van der Waals surface area (Å²) in [5, 5.41) is 0. The van der Waals surface area contributed by atoms with Gasteiger partial charge in [-0.05, 0) is 30.3 Å². The normalized spacial score (nSPS) is 15.5. The largest absolute Gasteiger partial charge is 0.461 e. The molecule has 7 heteroatoms. The summed E-state index contributed by atoms with van der Waals surface area (Å²) in [6.45, 7) is 2.12. The zero-order chi connectivity index (χ0) is 17.1. The van der Waals surface area contributed by atoms with Crippen molar-refractivity contribution in [1.29, 1.82) is 0 Å². The number of furan rings is 1. The lowest BCUT2D eigenvalue weighted by Crippen LogP contribution is -2.49. The van der Waals surface area contributed by atoms with E-state index in [1.165, 1.54) is 12.3 Å². The van der Waals surface area contributed by atoms with Gasteiger partial charge in [-0.25, -0.2) is 8.78 Å². The van der Waals surface area contributed by atoms with E-state index >= 15 is 0 Å². The molecule has 1 amide bonds. The van der Waals surface area contributed by atoms with Crippen LogP contribution in [0.25, 0.3) is 0 Å². The Morgan fingerprint density at radius 1 is 1.04 bits per heavy atom. The molecule has 0 spiro atoms. The number of hydrogen-bond donors (Lipinski definition) is 0. The van der Waals surface area contributed by atoms with E-state index in [4.69, 9.17) is 4.42 Å². The average molecular weight is 334 g/mol. The van der Waals surface area contributed by atoms with E-state index in [9.17, 15) is 18.4 Å². The molecular weight excluding hydrogens is 318 g/mol. The highest BCUT2D eigenvalue weighted by atomic mass is 19.2. The highest BCUT2D eigenvalue weighted by molar-refractivity contribution is 5.95. The van der Waals surface area contributed by atoms with Gasteiger partial charge in [-0.15, -0.1) is 0 Å². The zero-order valence-corrected chi connectivity index (χ0v) is 12.9. The summed E-state index contributed by atoms with van der Waals surface area (Å²) in [4.78, 5) is 27.8. The third-order valence-corrected chi connectivity index (χ3v) is 3.99. The SMILES string of the molecule is O=C(CN1CCN(C(=O)c2ccc(F)c(F)c2)CC1)c1ccco1. The van der Waals surface area contributed by atoms with Crippen molar-refractivity contribution in [3.63, 3.8) is 0 Å². The Morgan fingerprint density at radius 3 is 2.42 bits per heavy atom. The van der Waals surface area contributed by atoms with Crippen LogP contribution in [0.1, 0.15) is 20.9 Å². The second kappa shape index (κ2) is 6.92. The highest BCUT2D eigenvalue weighted by Gasteiger charge is 2.24. The van der Waals surface area contributed by atoms with E-state index in [1.807, 2.05) is 4.90 Å². The molecule has 1 aromatic heterocycles. The van der Waals surface area contributed by atoms with E-state index in [0.29, 0.717) is 31.9 Å². The van der Waals surface area contributed by atoms with Gasteiger partial charge in [0.05, 0.1) is 12.8 Å². The van der Waals surface area contributed by atoms with Crippen molar-refractivity contribution in [1.82, 2.24) is 9.80 Å². The van der Waals surface area contributed by atoms with Gasteiger partial charge in [0, 0.05) is 31.7 Å². The molecule has 2 aromatic rings. The van der Waals surface area contributed by atoms with E-state index < -0.39 is 11.6 Å². The van der Waals surface area contributed by atoms with Gasteiger partial charge in [0.15, 0.2) is 17.4 Å². The molecule has 0 aliphatic carbocycles. The molecule has 24 heavy (non-hydrogen) atoms. The monoisotopic (exact) mass is 334 g/mol. The van der Waals surface area contributed by atoms with Gasteiger partial charge in [-0.2, -0.15) is 0 Å². The Kier molecular flexibility index (Phi) is 4.71. The van der Waals surface area contributed by atoms with Gasteiger partial charge in [-0.1, -0.05) is 0 Å². The summed E-state index contributed by atoms with van der Waals surface area (Å²) in [6, 6.07) is 6.40. The quantitative estimate of drug-likeness (QED) is 0.805. The second-order valence-electron chi connectivity index (χ2n) is 5.60. The molecule has 1 aliphatic rings. The summed E-state index contributed by atoms with van der Waals surface area (Å²) >= 11 is 0. The van der Waals surface area contributed by atoms with Crippen molar-refractivity contribution in [2.45, 2.75) is 0 Å². The molecule has 0 saturated carbocycles. The fourth-order valence-corrected chi connectivity index (χ4v) is 2.64. The van der Waals surface area contributed by atoms with Crippen LogP contribution in [0.3, 0.4) is 0 Å². The van der Waals surface area contributed by atoms with Crippen molar-refractivity contribution in [2.24, 2.45) is 0 Å². The van der Waals surface area contributed by atoms with Gasteiger partial charge < -0.3 is 9.32 Å². The number of Topliss-reactive ketones (excluding diaryl/α,β-unsaturated/α-hetero) is 1. The number of nitrogens with zero attached hydrogens (tertiary/aromatic N) is 2. The molecular formula is C17H16F2N2O3. The first-order valence-corrected chi connectivity index (χ1v) is 7.58. The number of hydrogen-bond acceptors (Lipinski definition) is 4. The first-order valence-electron chi connectivity index (χ1n) is 7.58. The van der Waals surface area contributed by atoms with Gasteiger partial charge >= 0.3 is 0 Å². The van der Waals surface area contributed by atoms with Crippen LogP contribution in [0, 0.1) is 11.6 Å². The van der Waals surface area contributed by atoms with E-state index in [1.54, 1.807) is 17.0 Å². The fraction of sp³-hybridized carbons (Fsp3) is 0.294. The van der Waals surface area contributed by atoms with E-state index in [-0.39, 0.29) is 23.8 Å². The molecule has 126 valence electrons. The Labute approximate surface area is 137 Å². The van der Waals surface area contributed by atoms with Crippen LogP contribution in [0.15, 0.2) is 41.0 Å². The predicted octanol–water partition coefficient (Wildman–Crippen LogP) is 2.20. The van der Waals surface area contributed by atoms with Crippen LogP contribution in [-0.4, -0.2) is 54.2 Å². The molecule has 2 heterocycles. The fourth-order valence-electron chi connectivity index (χ4n) is 2.64. The molecule has 3 rings (SSSR count). The first kappa shape index (κ1) is 16.3. The topological polar surface area (TPSA) is 53.8 Å². The van der Waals surface area contributed by atoms with Crippen molar-refractivity contribution in [2.75, 3.05) is 32.7 Å². The maximum atomic E-state index is 13.2. The zero-order valence-electron chi connectivity index (χ0n) is 12.9. The lowest BCUT2D eigenvalue weighted by molar-refractivity contribution is 0.0619. The minimum absolute atomic E-state index is 0.111. The third-order valence-electron chi connectivity index (χ3n) is 3.99. The predicted molar refractivity (Wildman–Crippen MR) is 81.7 cm³/mol. The summed E-state index contributed by atoms with van der Waals surface area (Å²) in [5.41, 5.74) is 0.119. The minimum atomic E-state index is -1.04. The highest BCUT2D eigenvalue weighted by Crippen LogP contribution is 2.13. The van der Waals surface area contributed by atoms with Gasteiger partial charge in [0.2, 0.25) is 5.78 Å².